The van der Waals surface area contributed by atoms with Gasteiger partial charge in [-0.2, -0.15) is 5.21 Å². The maximum absolute atomic E-state index is 14.2. The van der Waals surface area contributed by atoms with Crippen molar-refractivity contribution in [3.63, 3.8) is 0 Å². The maximum Gasteiger partial charge on any atom is 0.298 e. The van der Waals surface area contributed by atoms with Gasteiger partial charge in [0, 0.05) is 37.1 Å². The lowest BCUT2D eigenvalue weighted by Gasteiger charge is -2.11. The van der Waals surface area contributed by atoms with Crippen molar-refractivity contribution < 1.29 is 9.18 Å². The third-order valence-electron chi connectivity index (χ3n) is 4.62. The molecule has 0 aliphatic carbocycles. The van der Waals surface area contributed by atoms with Gasteiger partial charge in [-0.3, -0.25) is 14.2 Å². The number of aromatic nitrogens is 6. The molecular weight excluding hydrogens is 415 g/mol. The zero-order valence-corrected chi connectivity index (χ0v) is 17.0. The molecule has 2 aromatic carbocycles. The normalized spacial score (nSPS) is 10.7. The van der Waals surface area contributed by atoms with Crippen LogP contribution >= 0.6 is 0 Å². The molecule has 4 aromatic rings. The number of carbonyl (C=O) groups is 1. The number of hydrogen-bond donors (Lipinski definition) is 3. The van der Waals surface area contributed by atoms with Crippen LogP contribution in [0.25, 0.3) is 5.69 Å². The Morgan fingerprint density at radius 1 is 1.16 bits per heavy atom. The number of benzene rings is 2. The first kappa shape index (κ1) is 20.8. The van der Waals surface area contributed by atoms with Crippen LogP contribution in [0, 0.1) is 5.82 Å². The molecule has 0 atom stereocenters. The lowest BCUT2D eigenvalue weighted by molar-refractivity contribution is -0.114. The van der Waals surface area contributed by atoms with E-state index in [9.17, 15) is 14.0 Å². The minimum absolute atomic E-state index is 0.0235. The van der Waals surface area contributed by atoms with Gasteiger partial charge in [-0.1, -0.05) is 17.3 Å². The summed E-state index contributed by atoms with van der Waals surface area (Å²) in [4.78, 5) is 28.2. The fraction of sp³-hybridized carbons (Fsp3) is 0.143. The molecule has 0 aliphatic rings. The third-order valence-corrected chi connectivity index (χ3v) is 4.62. The second kappa shape index (κ2) is 9.16. The molecule has 0 bridgehead atoms. The highest BCUT2D eigenvalue weighted by Crippen LogP contribution is 2.22. The van der Waals surface area contributed by atoms with Crippen molar-refractivity contribution in [2.75, 3.05) is 10.6 Å². The predicted molar refractivity (Wildman–Crippen MR) is 115 cm³/mol. The zero-order valence-electron chi connectivity index (χ0n) is 17.0. The van der Waals surface area contributed by atoms with E-state index in [-0.39, 0.29) is 17.4 Å². The smallest absolute Gasteiger partial charge is 0.298 e. The Kier molecular flexibility index (Phi) is 5.97. The molecule has 0 aliphatic heterocycles. The zero-order chi connectivity index (χ0) is 22.5. The second-order valence-corrected chi connectivity index (χ2v) is 6.95. The molecule has 4 rings (SSSR count). The lowest BCUT2D eigenvalue weighted by Crippen LogP contribution is -2.22. The van der Waals surface area contributed by atoms with Crippen molar-refractivity contribution in [1.82, 2.24) is 30.2 Å². The average Bonchev–Trinajstić information content (AvgIpc) is 3.30. The van der Waals surface area contributed by atoms with Crippen LogP contribution in [-0.2, 0) is 17.6 Å². The largest absolute Gasteiger partial charge is 0.333 e. The maximum atomic E-state index is 14.2. The summed E-state index contributed by atoms with van der Waals surface area (Å²) in [6.45, 7) is 1.35. The van der Waals surface area contributed by atoms with Gasteiger partial charge in [-0.25, -0.2) is 9.37 Å². The number of halogens is 1. The SMILES string of the molecule is CC(=O)Nc1ccc(F)c(Nc2nccn(-c3ccc(CCc4nn[nH]n4)cc3)c2=O)c1. The summed E-state index contributed by atoms with van der Waals surface area (Å²) in [5.41, 5.74) is 1.66. The van der Waals surface area contributed by atoms with Crippen LogP contribution in [-0.4, -0.2) is 36.1 Å². The highest BCUT2D eigenvalue weighted by Gasteiger charge is 2.11. The number of rotatable bonds is 7. The summed E-state index contributed by atoms with van der Waals surface area (Å²) in [6.07, 6.45) is 4.35. The van der Waals surface area contributed by atoms with Crippen molar-refractivity contribution in [1.29, 1.82) is 0 Å². The molecule has 0 unspecified atom stereocenters. The summed E-state index contributed by atoms with van der Waals surface area (Å²) in [5, 5.41) is 19.1. The predicted octanol–water partition coefficient (Wildman–Crippen LogP) is 2.37. The van der Waals surface area contributed by atoms with Crippen LogP contribution in [0.2, 0.25) is 0 Å². The van der Waals surface area contributed by atoms with Gasteiger partial charge >= 0.3 is 0 Å². The fourth-order valence-electron chi connectivity index (χ4n) is 3.10. The van der Waals surface area contributed by atoms with E-state index in [4.69, 9.17) is 0 Å². The van der Waals surface area contributed by atoms with Crippen molar-refractivity contribution in [3.05, 3.63) is 82.4 Å². The standard InChI is InChI=1S/C21H19FN8O2/c1-13(31)24-15-5-8-17(22)18(12-15)25-20-21(32)30(11-10-23-20)16-6-2-14(3-7-16)4-9-19-26-28-29-27-19/h2-3,5-8,10-12H,4,9H2,1H3,(H,23,25)(H,24,31)(H,26,27,28,29). The van der Waals surface area contributed by atoms with E-state index >= 15 is 0 Å². The Morgan fingerprint density at radius 2 is 1.97 bits per heavy atom. The van der Waals surface area contributed by atoms with Gasteiger partial charge in [-0.05, 0) is 42.3 Å². The third kappa shape index (κ3) is 4.83. The Labute approximate surface area is 181 Å². The molecule has 0 fully saturated rings. The van der Waals surface area contributed by atoms with Crippen LogP contribution in [0.4, 0.5) is 21.6 Å². The molecule has 0 spiro atoms. The number of H-pyrrole nitrogens is 1. The molecule has 3 N–H and O–H groups in total. The van der Waals surface area contributed by atoms with E-state index in [0.29, 0.717) is 23.6 Å². The van der Waals surface area contributed by atoms with Crippen molar-refractivity contribution in [2.45, 2.75) is 19.8 Å². The minimum atomic E-state index is -0.582. The second-order valence-electron chi connectivity index (χ2n) is 6.95. The van der Waals surface area contributed by atoms with Crippen molar-refractivity contribution in [2.24, 2.45) is 0 Å². The van der Waals surface area contributed by atoms with Crippen molar-refractivity contribution >= 4 is 23.1 Å². The number of amides is 1. The summed E-state index contributed by atoms with van der Waals surface area (Å²) in [5.74, 6) is -0.289. The summed E-state index contributed by atoms with van der Waals surface area (Å²) in [6, 6.07) is 11.5. The van der Waals surface area contributed by atoms with Gasteiger partial charge < -0.3 is 10.6 Å². The first-order valence-electron chi connectivity index (χ1n) is 9.73. The molecule has 0 radical (unpaired) electrons. The first-order chi connectivity index (χ1) is 15.5. The Morgan fingerprint density at radius 3 is 2.69 bits per heavy atom. The van der Waals surface area contributed by atoms with E-state index in [1.807, 2.05) is 24.3 Å². The topological polar surface area (TPSA) is 130 Å². The van der Waals surface area contributed by atoms with Gasteiger partial charge in [-0.15, -0.1) is 10.2 Å². The molecular formula is C21H19FN8O2. The van der Waals surface area contributed by atoms with E-state index in [0.717, 1.165) is 12.0 Å². The molecule has 1 amide bonds. The van der Waals surface area contributed by atoms with Crippen LogP contribution < -0.4 is 16.2 Å². The van der Waals surface area contributed by atoms with Crippen LogP contribution in [0.5, 0.6) is 0 Å². The molecule has 10 nitrogen and oxygen atoms in total. The number of carbonyl (C=O) groups excluding carboxylic acids is 1. The molecule has 0 saturated heterocycles. The Balaban J connectivity index is 1.54. The Bertz CT molecular complexity index is 1290. The highest BCUT2D eigenvalue weighted by atomic mass is 19.1. The fourth-order valence-corrected chi connectivity index (χ4v) is 3.10. The lowest BCUT2D eigenvalue weighted by atomic mass is 10.1. The monoisotopic (exact) mass is 434 g/mol. The minimum Gasteiger partial charge on any atom is -0.333 e. The number of aryl methyl sites for hydroxylation is 2. The molecule has 2 aromatic heterocycles. The molecule has 162 valence electrons. The van der Waals surface area contributed by atoms with E-state index < -0.39 is 11.4 Å². The van der Waals surface area contributed by atoms with Gasteiger partial charge in [0.1, 0.15) is 5.82 Å². The molecule has 2 heterocycles. The van der Waals surface area contributed by atoms with E-state index in [1.165, 1.54) is 42.1 Å². The number of anilines is 3. The Hall–Kier alpha value is -4.41. The highest BCUT2D eigenvalue weighted by molar-refractivity contribution is 5.89. The van der Waals surface area contributed by atoms with E-state index in [1.54, 1.807) is 0 Å². The van der Waals surface area contributed by atoms with E-state index in [2.05, 4.69) is 36.2 Å². The summed E-state index contributed by atoms with van der Waals surface area (Å²) < 4.78 is 15.7. The quantitative estimate of drug-likeness (QED) is 0.407. The molecule has 32 heavy (non-hydrogen) atoms. The summed E-state index contributed by atoms with van der Waals surface area (Å²) in [7, 11) is 0. The molecule has 0 saturated carbocycles. The number of hydrogen-bond acceptors (Lipinski definition) is 7. The van der Waals surface area contributed by atoms with Gasteiger partial charge in [0.15, 0.2) is 11.6 Å². The van der Waals surface area contributed by atoms with Crippen LogP contribution in [0.1, 0.15) is 18.3 Å². The molecule has 11 heteroatoms. The summed E-state index contributed by atoms with van der Waals surface area (Å²) >= 11 is 0. The number of tetrazole rings is 1. The van der Waals surface area contributed by atoms with Crippen LogP contribution in [0.3, 0.4) is 0 Å². The van der Waals surface area contributed by atoms with Gasteiger partial charge in [0.2, 0.25) is 5.91 Å². The number of aromatic amines is 1. The average molecular weight is 434 g/mol. The van der Waals surface area contributed by atoms with Gasteiger partial charge in [0.05, 0.1) is 5.69 Å². The first-order valence-corrected chi connectivity index (χ1v) is 9.73. The van der Waals surface area contributed by atoms with Crippen molar-refractivity contribution in [3.8, 4) is 5.69 Å². The van der Waals surface area contributed by atoms with Gasteiger partial charge in [0.25, 0.3) is 5.56 Å². The van der Waals surface area contributed by atoms with Crippen LogP contribution in [0.15, 0.2) is 59.7 Å². The number of nitrogens with one attached hydrogen (secondary N) is 3. The number of nitrogens with zero attached hydrogens (tertiary/aromatic N) is 5.